The summed E-state index contributed by atoms with van der Waals surface area (Å²) in [5.41, 5.74) is 3.69. The molecule has 1 aliphatic carbocycles. The van der Waals surface area contributed by atoms with E-state index in [1.165, 1.54) is 12.8 Å². The Hall–Kier alpha value is -1.16. The molecule has 1 heterocycles. The molecule has 3 N–H and O–H groups in total. The van der Waals surface area contributed by atoms with E-state index >= 15 is 0 Å². The number of aromatic nitrogens is 2. The normalized spacial score (nSPS) is 15.6. The van der Waals surface area contributed by atoms with Crippen LogP contribution in [-0.4, -0.2) is 9.97 Å². The summed E-state index contributed by atoms with van der Waals surface area (Å²) in [6, 6.07) is 1.93. The number of nitrogens with zero attached hydrogens (tertiary/aromatic N) is 2. The Kier molecular flexibility index (Phi) is 2.63. The molecule has 0 radical (unpaired) electrons. The highest BCUT2D eigenvalue weighted by Crippen LogP contribution is 2.38. The van der Waals surface area contributed by atoms with Crippen molar-refractivity contribution in [3.63, 3.8) is 0 Å². The molecule has 0 bridgehead atoms. The minimum Gasteiger partial charge on any atom is -0.308 e. The SMILES string of the molecule is CCCc1cc(NN)nc(C2CC2)n1. The van der Waals surface area contributed by atoms with Crippen molar-refractivity contribution < 1.29 is 0 Å². The first-order valence-corrected chi connectivity index (χ1v) is 5.18. The van der Waals surface area contributed by atoms with Gasteiger partial charge in [-0.2, -0.15) is 0 Å². The molecule has 1 fully saturated rings. The van der Waals surface area contributed by atoms with E-state index in [9.17, 15) is 0 Å². The van der Waals surface area contributed by atoms with Gasteiger partial charge in [0.1, 0.15) is 11.6 Å². The Morgan fingerprint density at radius 3 is 2.86 bits per heavy atom. The van der Waals surface area contributed by atoms with Crippen LogP contribution in [-0.2, 0) is 6.42 Å². The number of hydrogen-bond donors (Lipinski definition) is 2. The fourth-order valence-corrected chi connectivity index (χ4v) is 1.50. The molecule has 1 aromatic rings. The average molecular weight is 192 g/mol. The molecule has 0 amide bonds. The van der Waals surface area contributed by atoms with E-state index < -0.39 is 0 Å². The summed E-state index contributed by atoms with van der Waals surface area (Å²) >= 11 is 0. The summed E-state index contributed by atoms with van der Waals surface area (Å²) in [4.78, 5) is 8.88. The lowest BCUT2D eigenvalue weighted by molar-refractivity contribution is 0.829. The highest BCUT2D eigenvalue weighted by atomic mass is 15.3. The van der Waals surface area contributed by atoms with E-state index in [0.717, 1.165) is 30.2 Å². The first-order chi connectivity index (χ1) is 6.83. The van der Waals surface area contributed by atoms with Crippen molar-refractivity contribution in [2.75, 3.05) is 5.43 Å². The summed E-state index contributed by atoms with van der Waals surface area (Å²) in [5, 5.41) is 0. The lowest BCUT2D eigenvalue weighted by Crippen LogP contribution is -2.11. The van der Waals surface area contributed by atoms with Gasteiger partial charge in [-0.3, -0.25) is 0 Å². The van der Waals surface area contributed by atoms with Crippen molar-refractivity contribution in [2.45, 2.75) is 38.5 Å². The van der Waals surface area contributed by atoms with E-state index in [1.807, 2.05) is 6.07 Å². The molecule has 14 heavy (non-hydrogen) atoms. The molecule has 0 aromatic carbocycles. The van der Waals surface area contributed by atoms with Gasteiger partial charge in [0.25, 0.3) is 0 Å². The first-order valence-electron chi connectivity index (χ1n) is 5.18. The van der Waals surface area contributed by atoms with Gasteiger partial charge in [-0.05, 0) is 19.3 Å². The molecular weight excluding hydrogens is 176 g/mol. The Labute approximate surface area is 83.9 Å². The summed E-state index contributed by atoms with van der Waals surface area (Å²) in [6.45, 7) is 2.15. The molecule has 0 spiro atoms. The maximum Gasteiger partial charge on any atom is 0.143 e. The minimum absolute atomic E-state index is 0.582. The van der Waals surface area contributed by atoms with Gasteiger partial charge in [0.15, 0.2) is 0 Å². The predicted molar refractivity (Wildman–Crippen MR) is 55.8 cm³/mol. The highest BCUT2D eigenvalue weighted by Gasteiger charge is 2.27. The van der Waals surface area contributed by atoms with Gasteiger partial charge in [0.05, 0.1) is 0 Å². The van der Waals surface area contributed by atoms with Gasteiger partial charge < -0.3 is 5.43 Å². The van der Waals surface area contributed by atoms with Crippen LogP contribution in [0.5, 0.6) is 0 Å². The third-order valence-electron chi connectivity index (χ3n) is 2.39. The van der Waals surface area contributed by atoms with Crippen LogP contribution in [0.2, 0.25) is 0 Å². The summed E-state index contributed by atoms with van der Waals surface area (Å²) in [7, 11) is 0. The van der Waals surface area contributed by atoms with Gasteiger partial charge in [-0.15, -0.1) is 0 Å². The van der Waals surface area contributed by atoms with Crippen LogP contribution < -0.4 is 11.3 Å². The Balaban J connectivity index is 2.26. The largest absolute Gasteiger partial charge is 0.308 e. The number of nitrogens with two attached hydrogens (primary N) is 1. The summed E-state index contributed by atoms with van der Waals surface area (Å²) in [5.74, 6) is 7.65. The summed E-state index contributed by atoms with van der Waals surface area (Å²) in [6.07, 6.45) is 4.54. The number of aryl methyl sites for hydroxylation is 1. The van der Waals surface area contributed by atoms with Crippen LogP contribution in [0.1, 0.15) is 43.6 Å². The van der Waals surface area contributed by atoms with Crippen LogP contribution >= 0.6 is 0 Å². The number of nitrogen functional groups attached to an aromatic ring is 1. The number of hydrogen-bond acceptors (Lipinski definition) is 4. The third kappa shape index (κ3) is 2.01. The summed E-state index contributed by atoms with van der Waals surface area (Å²) < 4.78 is 0. The molecular formula is C10H16N4. The molecule has 0 saturated heterocycles. The average Bonchev–Trinajstić information content (AvgIpc) is 3.01. The molecule has 1 aliphatic rings. The molecule has 4 heteroatoms. The van der Waals surface area contributed by atoms with Crippen LogP contribution in [0.4, 0.5) is 5.82 Å². The lowest BCUT2D eigenvalue weighted by Gasteiger charge is -2.05. The van der Waals surface area contributed by atoms with Crippen LogP contribution in [0.25, 0.3) is 0 Å². The fraction of sp³-hybridized carbons (Fsp3) is 0.600. The van der Waals surface area contributed by atoms with Crippen molar-refractivity contribution in [2.24, 2.45) is 5.84 Å². The third-order valence-corrected chi connectivity index (χ3v) is 2.39. The number of rotatable bonds is 4. The fourth-order valence-electron chi connectivity index (χ4n) is 1.50. The lowest BCUT2D eigenvalue weighted by atomic mass is 10.2. The second kappa shape index (κ2) is 3.92. The quantitative estimate of drug-likeness (QED) is 0.561. The van der Waals surface area contributed by atoms with Crippen molar-refractivity contribution >= 4 is 5.82 Å². The van der Waals surface area contributed by atoms with Gasteiger partial charge in [-0.25, -0.2) is 15.8 Å². The number of hydrazine groups is 1. The van der Waals surface area contributed by atoms with Gasteiger partial charge in [0.2, 0.25) is 0 Å². The number of anilines is 1. The zero-order valence-electron chi connectivity index (χ0n) is 8.45. The predicted octanol–water partition coefficient (Wildman–Crippen LogP) is 1.59. The number of nitrogens with one attached hydrogen (secondary N) is 1. The van der Waals surface area contributed by atoms with E-state index in [-0.39, 0.29) is 0 Å². The van der Waals surface area contributed by atoms with Crippen LogP contribution in [0.3, 0.4) is 0 Å². The second-order valence-electron chi connectivity index (χ2n) is 3.77. The van der Waals surface area contributed by atoms with Gasteiger partial charge in [0, 0.05) is 17.7 Å². The van der Waals surface area contributed by atoms with Crippen molar-refractivity contribution in [1.82, 2.24) is 9.97 Å². The molecule has 1 saturated carbocycles. The smallest absolute Gasteiger partial charge is 0.143 e. The first kappa shape index (κ1) is 9.40. The van der Waals surface area contributed by atoms with Crippen molar-refractivity contribution in [3.8, 4) is 0 Å². The Morgan fingerprint density at radius 2 is 2.29 bits per heavy atom. The molecule has 4 nitrogen and oxygen atoms in total. The van der Waals surface area contributed by atoms with Gasteiger partial charge >= 0.3 is 0 Å². The monoisotopic (exact) mass is 192 g/mol. The Bertz CT molecular complexity index is 320. The van der Waals surface area contributed by atoms with E-state index in [2.05, 4.69) is 22.3 Å². The topological polar surface area (TPSA) is 63.8 Å². The molecule has 76 valence electrons. The van der Waals surface area contributed by atoms with Crippen LogP contribution in [0, 0.1) is 0 Å². The standard InChI is InChI=1S/C10H16N4/c1-2-3-8-6-9(14-11)13-10(12-8)7-4-5-7/h6-7H,2-5,11H2,1H3,(H,12,13,14). The van der Waals surface area contributed by atoms with E-state index in [1.54, 1.807) is 0 Å². The van der Waals surface area contributed by atoms with E-state index in [0.29, 0.717) is 5.92 Å². The molecule has 0 unspecified atom stereocenters. The van der Waals surface area contributed by atoms with Crippen molar-refractivity contribution in [1.29, 1.82) is 0 Å². The molecule has 2 rings (SSSR count). The zero-order valence-corrected chi connectivity index (χ0v) is 8.45. The minimum atomic E-state index is 0.582. The van der Waals surface area contributed by atoms with Crippen LogP contribution in [0.15, 0.2) is 6.07 Å². The van der Waals surface area contributed by atoms with Crippen molar-refractivity contribution in [3.05, 3.63) is 17.6 Å². The highest BCUT2D eigenvalue weighted by molar-refractivity contribution is 5.35. The molecule has 0 atom stereocenters. The van der Waals surface area contributed by atoms with E-state index in [4.69, 9.17) is 5.84 Å². The molecule has 1 aromatic heterocycles. The zero-order chi connectivity index (χ0) is 9.97. The maximum atomic E-state index is 5.36. The Morgan fingerprint density at radius 1 is 1.50 bits per heavy atom. The molecule has 0 aliphatic heterocycles. The maximum absolute atomic E-state index is 5.36. The second-order valence-corrected chi connectivity index (χ2v) is 3.77. The van der Waals surface area contributed by atoms with Gasteiger partial charge in [-0.1, -0.05) is 13.3 Å².